The van der Waals surface area contributed by atoms with E-state index in [1.807, 2.05) is 11.8 Å². The molecular formula is C28H40N4O4S2. The van der Waals surface area contributed by atoms with E-state index in [1.165, 1.54) is 40.0 Å². The predicted molar refractivity (Wildman–Crippen MR) is 157 cm³/mol. The monoisotopic (exact) mass is 560 g/mol. The lowest BCUT2D eigenvalue weighted by molar-refractivity contribution is 0.162. The van der Waals surface area contributed by atoms with Gasteiger partial charge in [-0.15, -0.1) is 11.8 Å². The number of thioether (sulfide) groups is 1. The highest BCUT2D eigenvalue weighted by Gasteiger charge is 2.18. The minimum atomic E-state index is -3.72. The van der Waals surface area contributed by atoms with Gasteiger partial charge in [-0.1, -0.05) is 67.8 Å². The number of amidine groups is 1. The fourth-order valence-corrected chi connectivity index (χ4v) is 6.42. The zero-order valence-electron chi connectivity index (χ0n) is 22.1. The largest absolute Gasteiger partial charge is 0.412 e. The van der Waals surface area contributed by atoms with Crippen LogP contribution in [0.3, 0.4) is 0 Å². The minimum Gasteiger partial charge on any atom is -0.412 e. The van der Waals surface area contributed by atoms with Gasteiger partial charge in [-0.25, -0.2) is 5.14 Å². The molecule has 1 aliphatic heterocycles. The van der Waals surface area contributed by atoms with Gasteiger partial charge in [0.2, 0.25) is 0 Å². The van der Waals surface area contributed by atoms with E-state index in [1.54, 1.807) is 0 Å². The summed E-state index contributed by atoms with van der Waals surface area (Å²) >= 11 is 1.92. The smallest absolute Gasteiger partial charge is 0.333 e. The Balaban J connectivity index is 0.000000282. The Hall–Kier alpha value is -2.37. The van der Waals surface area contributed by atoms with Crippen LogP contribution in [0.25, 0.3) is 10.9 Å². The molecule has 5 rings (SSSR count). The number of benzene rings is 2. The number of likely N-dealkylation sites (tertiary alicyclic amines) is 1. The fraction of sp³-hybridized carbons (Fsp3) is 0.464. The molecule has 0 unspecified atom stereocenters. The van der Waals surface area contributed by atoms with Crippen LogP contribution < -0.4 is 5.14 Å². The van der Waals surface area contributed by atoms with Gasteiger partial charge in [0.1, 0.15) is 0 Å². The van der Waals surface area contributed by atoms with Gasteiger partial charge in [0.25, 0.3) is 0 Å². The maximum atomic E-state index is 10.5. The van der Waals surface area contributed by atoms with E-state index in [2.05, 4.69) is 81.5 Å². The molecule has 8 nitrogen and oxygen atoms in total. The van der Waals surface area contributed by atoms with E-state index in [0.29, 0.717) is 0 Å². The van der Waals surface area contributed by atoms with Crippen molar-refractivity contribution >= 4 is 38.8 Å². The Morgan fingerprint density at radius 2 is 1.74 bits per heavy atom. The van der Waals surface area contributed by atoms with Crippen molar-refractivity contribution in [2.45, 2.75) is 62.5 Å². The molecule has 10 heteroatoms. The number of hydrogen-bond acceptors (Lipinski definition) is 5. The van der Waals surface area contributed by atoms with E-state index in [0.717, 1.165) is 57.5 Å². The van der Waals surface area contributed by atoms with Crippen LogP contribution in [0, 0.1) is 0 Å². The third kappa shape index (κ3) is 9.13. The van der Waals surface area contributed by atoms with Crippen molar-refractivity contribution in [3.8, 4) is 0 Å². The molecule has 1 aromatic heterocycles. The molecule has 3 aromatic rings. The average molecular weight is 561 g/mol. The molecule has 4 N–H and O–H groups in total. The molecule has 2 fully saturated rings. The van der Waals surface area contributed by atoms with Gasteiger partial charge in [-0.3, -0.25) is 9.18 Å². The summed E-state index contributed by atoms with van der Waals surface area (Å²) < 4.78 is 27.9. The SMILES string of the molecule is CN1CCCC1=NCCSc1cn(Cc2ccccc2)c2ccccc12.NS(=O)(=O)OC1CCCCC1.O. The van der Waals surface area contributed by atoms with Crippen molar-refractivity contribution in [3.63, 3.8) is 0 Å². The third-order valence-corrected chi connectivity index (χ3v) is 8.31. The molecule has 0 atom stereocenters. The molecule has 1 saturated heterocycles. The lowest BCUT2D eigenvalue weighted by atomic mass is 9.98. The lowest BCUT2D eigenvalue weighted by Gasteiger charge is -2.19. The Labute approximate surface area is 230 Å². The highest BCUT2D eigenvalue weighted by Crippen LogP contribution is 2.30. The molecule has 208 valence electrons. The second-order valence-electron chi connectivity index (χ2n) is 9.64. The van der Waals surface area contributed by atoms with Crippen LogP contribution >= 0.6 is 11.8 Å². The van der Waals surface area contributed by atoms with Gasteiger partial charge in [0.05, 0.1) is 18.5 Å². The predicted octanol–water partition coefficient (Wildman–Crippen LogP) is 4.62. The maximum Gasteiger partial charge on any atom is 0.333 e. The number of nitrogens with two attached hydrogens (primary N) is 1. The van der Waals surface area contributed by atoms with Gasteiger partial charge in [0, 0.05) is 54.3 Å². The van der Waals surface area contributed by atoms with Crippen molar-refractivity contribution < 1.29 is 18.1 Å². The van der Waals surface area contributed by atoms with Crippen LogP contribution in [0.2, 0.25) is 0 Å². The molecule has 2 aromatic carbocycles. The van der Waals surface area contributed by atoms with Gasteiger partial charge >= 0.3 is 10.3 Å². The first-order valence-corrected chi connectivity index (χ1v) is 15.5. The van der Waals surface area contributed by atoms with E-state index < -0.39 is 10.3 Å². The van der Waals surface area contributed by atoms with Crippen molar-refractivity contribution in [2.24, 2.45) is 10.1 Å². The summed E-state index contributed by atoms with van der Waals surface area (Å²) in [6, 6.07) is 19.4. The van der Waals surface area contributed by atoms with Crippen LogP contribution in [0.1, 0.15) is 50.5 Å². The van der Waals surface area contributed by atoms with E-state index >= 15 is 0 Å². The van der Waals surface area contributed by atoms with Gasteiger partial charge in [-0.2, -0.15) is 8.42 Å². The summed E-state index contributed by atoms with van der Waals surface area (Å²) in [5, 5.41) is 6.06. The summed E-state index contributed by atoms with van der Waals surface area (Å²) in [5.74, 6) is 2.30. The third-order valence-electron chi connectivity index (χ3n) is 6.75. The first-order valence-electron chi connectivity index (χ1n) is 13.1. The molecule has 0 amide bonds. The van der Waals surface area contributed by atoms with Crippen LogP contribution in [0.4, 0.5) is 0 Å². The van der Waals surface area contributed by atoms with E-state index in [4.69, 9.17) is 10.1 Å². The number of aliphatic imine (C=N–C) groups is 1. The van der Waals surface area contributed by atoms with E-state index in [-0.39, 0.29) is 11.6 Å². The van der Waals surface area contributed by atoms with Gasteiger partial charge in [0.15, 0.2) is 0 Å². The summed E-state index contributed by atoms with van der Waals surface area (Å²) in [6.07, 6.45) is 9.40. The summed E-state index contributed by atoms with van der Waals surface area (Å²) in [6.45, 7) is 2.95. The van der Waals surface area contributed by atoms with E-state index in [9.17, 15) is 8.42 Å². The van der Waals surface area contributed by atoms with Crippen molar-refractivity contribution in [3.05, 3.63) is 66.4 Å². The average Bonchev–Trinajstić information content (AvgIpc) is 3.45. The molecule has 38 heavy (non-hydrogen) atoms. The maximum absolute atomic E-state index is 10.5. The quantitative estimate of drug-likeness (QED) is 0.318. The molecule has 2 heterocycles. The second kappa shape index (κ2) is 14.7. The zero-order valence-corrected chi connectivity index (χ0v) is 23.7. The zero-order chi connectivity index (χ0) is 26.1. The van der Waals surface area contributed by atoms with Crippen LogP contribution in [-0.4, -0.2) is 61.2 Å². The normalized spacial score (nSPS) is 17.3. The number of rotatable bonds is 8. The first-order chi connectivity index (χ1) is 17.9. The lowest BCUT2D eigenvalue weighted by Crippen LogP contribution is -2.25. The topological polar surface area (TPSA) is 121 Å². The fourth-order valence-electron chi connectivity index (χ4n) is 4.91. The molecular weight excluding hydrogens is 520 g/mol. The number of hydrogen-bond donors (Lipinski definition) is 1. The first kappa shape index (κ1) is 30.2. The highest BCUT2D eigenvalue weighted by atomic mass is 32.2. The Bertz CT molecular complexity index is 1270. The van der Waals surface area contributed by atoms with Crippen LogP contribution in [0.15, 0.2) is 70.7 Å². The summed E-state index contributed by atoms with van der Waals surface area (Å²) in [4.78, 5) is 8.43. The molecule has 0 radical (unpaired) electrons. The Kier molecular flexibility index (Phi) is 11.7. The van der Waals surface area contributed by atoms with Gasteiger partial charge in [-0.05, 0) is 30.9 Å². The number of para-hydroxylation sites is 1. The molecule has 0 bridgehead atoms. The molecule has 0 spiro atoms. The molecule has 2 aliphatic rings. The minimum absolute atomic E-state index is 0. The molecule has 1 aliphatic carbocycles. The Morgan fingerprint density at radius 3 is 2.42 bits per heavy atom. The van der Waals surface area contributed by atoms with Crippen molar-refractivity contribution in [1.82, 2.24) is 9.47 Å². The second-order valence-corrected chi connectivity index (χ2v) is 12.0. The number of aromatic nitrogens is 1. The van der Waals surface area contributed by atoms with Crippen LogP contribution in [-0.2, 0) is 21.0 Å². The highest BCUT2D eigenvalue weighted by molar-refractivity contribution is 7.99. The standard InChI is InChI=1S/C22H25N3S.C6H13NO3S.H2O/c1-24-14-7-12-22(24)23-13-15-26-21-17-25(16-18-8-3-2-4-9-18)20-11-6-5-10-19(20)21;7-11(8,9)10-6-4-2-1-3-5-6;/h2-6,8-11,17H,7,12-16H2,1H3;6H,1-5H2,(H2,7,8,9);1H2. The summed E-state index contributed by atoms with van der Waals surface area (Å²) in [7, 11) is -1.57. The van der Waals surface area contributed by atoms with Crippen molar-refractivity contribution in [2.75, 3.05) is 25.9 Å². The number of nitrogens with zero attached hydrogens (tertiary/aromatic N) is 3. The molecule has 1 saturated carbocycles. The Morgan fingerprint density at radius 1 is 1.03 bits per heavy atom. The number of fused-ring (bicyclic) bond motifs is 1. The van der Waals surface area contributed by atoms with Crippen LogP contribution in [0.5, 0.6) is 0 Å². The van der Waals surface area contributed by atoms with Crippen molar-refractivity contribution in [1.29, 1.82) is 0 Å². The summed E-state index contributed by atoms with van der Waals surface area (Å²) in [5.41, 5.74) is 2.64. The van der Waals surface area contributed by atoms with Gasteiger partial charge < -0.3 is 14.9 Å².